The van der Waals surface area contributed by atoms with E-state index in [9.17, 15) is 4.79 Å². The molecule has 0 aliphatic rings. The van der Waals surface area contributed by atoms with E-state index in [2.05, 4.69) is 19.8 Å². The van der Waals surface area contributed by atoms with Crippen LogP contribution in [0.1, 0.15) is 19.8 Å². The van der Waals surface area contributed by atoms with Crippen molar-refractivity contribution in [2.24, 2.45) is 0 Å². The number of esters is 1. The molecule has 12 heavy (non-hydrogen) atoms. The van der Waals surface area contributed by atoms with E-state index < -0.39 is 0 Å². The summed E-state index contributed by atoms with van der Waals surface area (Å²) in [5.74, 6) is -0.328. The molecule has 1 unspecified atom stereocenters. The Hall–Kier alpha value is -0.440. The SMILES string of the molecule is C=CC(=O)OCCC(CC)SC. The smallest absolute Gasteiger partial charge is 0.330 e. The molecule has 0 rings (SSSR count). The van der Waals surface area contributed by atoms with Crippen LogP contribution in [0.2, 0.25) is 0 Å². The number of carbonyl (C=O) groups excluding carboxylic acids is 1. The molecule has 0 heterocycles. The minimum Gasteiger partial charge on any atom is -0.463 e. The Morgan fingerprint density at radius 1 is 1.75 bits per heavy atom. The van der Waals surface area contributed by atoms with E-state index in [1.54, 1.807) is 0 Å². The predicted octanol–water partition coefficient (Wildman–Crippen LogP) is 2.25. The van der Waals surface area contributed by atoms with Crippen LogP contribution >= 0.6 is 11.8 Å². The third kappa shape index (κ3) is 5.24. The Morgan fingerprint density at radius 3 is 2.83 bits per heavy atom. The number of hydrogen-bond donors (Lipinski definition) is 0. The monoisotopic (exact) mass is 188 g/mol. The second-order valence-electron chi connectivity index (χ2n) is 2.43. The van der Waals surface area contributed by atoms with Gasteiger partial charge in [0.05, 0.1) is 6.61 Å². The van der Waals surface area contributed by atoms with E-state index in [0.717, 1.165) is 12.8 Å². The van der Waals surface area contributed by atoms with E-state index in [4.69, 9.17) is 4.74 Å². The summed E-state index contributed by atoms with van der Waals surface area (Å²) in [6.07, 6.45) is 5.31. The van der Waals surface area contributed by atoms with Crippen molar-refractivity contribution >= 4 is 17.7 Å². The molecule has 0 aromatic rings. The highest BCUT2D eigenvalue weighted by Gasteiger charge is 2.04. The first kappa shape index (κ1) is 11.6. The van der Waals surface area contributed by atoms with Crippen LogP contribution in [0.5, 0.6) is 0 Å². The van der Waals surface area contributed by atoms with Crippen molar-refractivity contribution in [3.05, 3.63) is 12.7 Å². The molecule has 0 saturated carbocycles. The van der Waals surface area contributed by atoms with E-state index in [0.29, 0.717) is 11.9 Å². The molecule has 0 saturated heterocycles. The van der Waals surface area contributed by atoms with Gasteiger partial charge in [-0.3, -0.25) is 0 Å². The zero-order valence-corrected chi connectivity index (χ0v) is 8.52. The quantitative estimate of drug-likeness (QED) is 0.472. The van der Waals surface area contributed by atoms with Gasteiger partial charge in [0.25, 0.3) is 0 Å². The molecule has 0 aromatic carbocycles. The Labute approximate surface area is 78.4 Å². The molecule has 0 aliphatic heterocycles. The van der Waals surface area contributed by atoms with Crippen molar-refractivity contribution in [1.82, 2.24) is 0 Å². The number of thioether (sulfide) groups is 1. The lowest BCUT2D eigenvalue weighted by Gasteiger charge is -2.10. The molecular formula is C9H16O2S. The highest BCUT2D eigenvalue weighted by atomic mass is 32.2. The first-order valence-electron chi connectivity index (χ1n) is 4.06. The van der Waals surface area contributed by atoms with Crippen LogP contribution in [-0.2, 0) is 9.53 Å². The van der Waals surface area contributed by atoms with Gasteiger partial charge in [-0.15, -0.1) is 0 Å². The zero-order valence-electron chi connectivity index (χ0n) is 7.71. The molecule has 70 valence electrons. The number of carbonyl (C=O) groups is 1. The van der Waals surface area contributed by atoms with Crippen LogP contribution in [0, 0.1) is 0 Å². The molecule has 0 N–H and O–H groups in total. The van der Waals surface area contributed by atoms with Crippen molar-refractivity contribution in [3.63, 3.8) is 0 Å². The lowest BCUT2D eigenvalue weighted by molar-refractivity contribution is -0.137. The van der Waals surface area contributed by atoms with Crippen molar-refractivity contribution in [3.8, 4) is 0 Å². The van der Waals surface area contributed by atoms with Gasteiger partial charge in [-0.25, -0.2) is 4.79 Å². The second-order valence-corrected chi connectivity index (χ2v) is 3.56. The molecule has 0 fully saturated rings. The molecular weight excluding hydrogens is 172 g/mol. The summed E-state index contributed by atoms with van der Waals surface area (Å²) >= 11 is 1.81. The van der Waals surface area contributed by atoms with Crippen LogP contribution < -0.4 is 0 Å². The number of hydrogen-bond acceptors (Lipinski definition) is 3. The van der Waals surface area contributed by atoms with Crippen molar-refractivity contribution < 1.29 is 9.53 Å². The van der Waals surface area contributed by atoms with Crippen LogP contribution in [0.3, 0.4) is 0 Å². The molecule has 3 heteroatoms. The normalized spacial score (nSPS) is 12.2. The fourth-order valence-corrected chi connectivity index (χ4v) is 1.50. The maximum absolute atomic E-state index is 10.6. The van der Waals surface area contributed by atoms with Gasteiger partial charge in [0, 0.05) is 11.3 Å². The highest BCUT2D eigenvalue weighted by Crippen LogP contribution is 2.14. The van der Waals surface area contributed by atoms with Crippen LogP contribution in [0.4, 0.5) is 0 Å². The summed E-state index contributed by atoms with van der Waals surface area (Å²) < 4.78 is 4.86. The third-order valence-electron chi connectivity index (χ3n) is 1.64. The summed E-state index contributed by atoms with van der Waals surface area (Å²) in [4.78, 5) is 10.6. The fraction of sp³-hybridized carbons (Fsp3) is 0.667. The maximum Gasteiger partial charge on any atom is 0.330 e. The molecule has 0 radical (unpaired) electrons. The molecule has 0 amide bonds. The van der Waals surface area contributed by atoms with Crippen LogP contribution in [0.25, 0.3) is 0 Å². The Morgan fingerprint density at radius 2 is 2.42 bits per heavy atom. The fourth-order valence-electron chi connectivity index (χ4n) is 0.839. The largest absolute Gasteiger partial charge is 0.463 e. The minimum absolute atomic E-state index is 0.328. The number of ether oxygens (including phenoxy) is 1. The summed E-state index contributed by atoms with van der Waals surface area (Å²) in [6.45, 7) is 5.96. The average molecular weight is 188 g/mol. The van der Waals surface area contributed by atoms with Crippen molar-refractivity contribution in [2.75, 3.05) is 12.9 Å². The van der Waals surface area contributed by atoms with Gasteiger partial charge in [0.2, 0.25) is 0 Å². The topological polar surface area (TPSA) is 26.3 Å². The lowest BCUT2D eigenvalue weighted by Crippen LogP contribution is -2.08. The van der Waals surface area contributed by atoms with Gasteiger partial charge >= 0.3 is 5.97 Å². The first-order chi connectivity index (χ1) is 5.74. The summed E-state index contributed by atoms with van der Waals surface area (Å²) in [7, 11) is 0. The highest BCUT2D eigenvalue weighted by molar-refractivity contribution is 7.99. The molecule has 0 bridgehead atoms. The Bertz CT molecular complexity index is 141. The van der Waals surface area contributed by atoms with E-state index >= 15 is 0 Å². The van der Waals surface area contributed by atoms with Crippen molar-refractivity contribution in [2.45, 2.75) is 25.0 Å². The van der Waals surface area contributed by atoms with E-state index in [-0.39, 0.29) is 5.97 Å². The average Bonchev–Trinajstić information content (AvgIpc) is 2.12. The molecule has 0 spiro atoms. The van der Waals surface area contributed by atoms with Gasteiger partial charge < -0.3 is 4.74 Å². The maximum atomic E-state index is 10.6. The lowest BCUT2D eigenvalue weighted by atomic mass is 10.2. The van der Waals surface area contributed by atoms with Crippen LogP contribution in [-0.4, -0.2) is 24.1 Å². The summed E-state index contributed by atoms with van der Waals surface area (Å²) in [6, 6.07) is 0. The Kier molecular flexibility index (Phi) is 6.96. The van der Waals surface area contributed by atoms with Gasteiger partial charge in [-0.2, -0.15) is 11.8 Å². The second kappa shape index (κ2) is 7.22. The predicted molar refractivity (Wildman–Crippen MR) is 53.4 cm³/mol. The summed E-state index contributed by atoms with van der Waals surface area (Å²) in [5, 5.41) is 0.600. The van der Waals surface area contributed by atoms with E-state index in [1.807, 2.05) is 11.8 Å². The summed E-state index contributed by atoms with van der Waals surface area (Å²) in [5.41, 5.74) is 0. The number of rotatable bonds is 6. The van der Waals surface area contributed by atoms with Gasteiger partial charge in [-0.05, 0) is 19.1 Å². The molecule has 0 aliphatic carbocycles. The Balaban J connectivity index is 3.40. The van der Waals surface area contributed by atoms with Crippen molar-refractivity contribution in [1.29, 1.82) is 0 Å². The minimum atomic E-state index is -0.328. The van der Waals surface area contributed by atoms with E-state index in [1.165, 1.54) is 6.08 Å². The van der Waals surface area contributed by atoms with Gasteiger partial charge in [0.1, 0.15) is 0 Å². The van der Waals surface area contributed by atoms with Crippen LogP contribution in [0.15, 0.2) is 12.7 Å². The molecule has 1 atom stereocenters. The third-order valence-corrected chi connectivity index (χ3v) is 2.88. The van der Waals surface area contributed by atoms with Gasteiger partial charge in [-0.1, -0.05) is 13.5 Å². The molecule has 0 aromatic heterocycles. The zero-order chi connectivity index (χ0) is 9.40. The molecule has 2 nitrogen and oxygen atoms in total. The standard InChI is InChI=1S/C9H16O2S/c1-4-8(12-3)6-7-11-9(10)5-2/h5,8H,2,4,6-7H2,1,3H3. The van der Waals surface area contributed by atoms with Gasteiger partial charge in [0.15, 0.2) is 0 Å². The first-order valence-corrected chi connectivity index (χ1v) is 5.35.